The summed E-state index contributed by atoms with van der Waals surface area (Å²) >= 11 is 11.3. The molecule has 0 saturated carbocycles. The van der Waals surface area contributed by atoms with Crippen molar-refractivity contribution >= 4 is 46.0 Å². The molecule has 114 valence electrons. The molecule has 0 saturated heterocycles. The first-order valence-electron chi connectivity index (χ1n) is 6.61. The van der Waals surface area contributed by atoms with Gasteiger partial charge in [0.05, 0.1) is 15.6 Å². The van der Waals surface area contributed by atoms with E-state index in [1.54, 1.807) is 0 Å². The van der Waals surface area contributed by atoms with Gasteiger partial charge in [-0.05, 0) is 36.3 Å². The summed E-state index contributed by atoms with van der Waals surface area (Å²) in [6.07, 6.45) is 0.879. The number of anilines is 2. The van der Waals surface area contributed by atoms with Gasteiger partial charge in [0.1, 0.15) is 0 Å². The van der Waals surface area contributed by atoms with Crippen LogP contribution in [-0.2, 0) is 6.42 Å². The summed E-state index contributed by atoms with van der Waals surface area (Å²) in [7, 11) is 0. The van der Waals surface area contributed by atoms with E-state index in [4.69, 9.17) is 23.8 Å². The molecule has 0 fully saturated rings. The lowest BCUT2D eigenvalue weighted by Crippen LogP contribution is -2.20. The molecule has 0 amide bonds. The largest absolute Gasteiger partial charge is 0.332 e. The van der Waals surface area contributed by atoms with Gasteiger partial charge >= 0.3 is 0 Å². The summed E-state index contributed by atoms with van der Waals surface area (Å²) in [6.45, 7) is 2.06. The molecule has 0 spiro atoms. The molecule has 0 aromatic heterocycles. The van der Waals surface area contributed by atoms with Crippen molar-refractivity contribution in [3.8, 4) is 0 Å². The molecule has 5 nitrogen and oxygen atoms in total. The number of thiocarbonyl (C=S) groups is 1. The predicted molar refractivity (Wildman–Crippen MR) is 93.8 cm³/mol. The second kappa shape index (κ2) is 7.20. The fraction of sp³-hybridized carbons (Fsp3) is 0.133. The third kappa shape index (κ3) is 3.93. The van der Waals surface area contributed by atoms with Crippen LogP contribution in [0.3, 0.4) is 0 Å². The molecule has 7 heteroatoms. The number of para-hydroxylation sites is 1. The molecule has 2 N–H and O–H groups in total. The summed E-state index contributed by atoms with van der Waals surface area (Å²) in [5.41, 5.74) is 2.51. The molecular formula is C15H14ClN3O2S. The molecule has 0 heterocycles. The van der Waals surface area contributed by atoms with Gasteiger partial charge in [-0.1, -0.05) is 36.7 Å². The Hall–Kier alpha value is -2.18. The van der Waals surface area contributed by atoms with Crippen molar-refractivity contribution in [3.63, 3.8) is 0 Å². The van der Waals surface area contributed by atoms with Gasteiger partial charge in [-0.15, -0.1) is 0 Å². The lowest BCUT2D eigenvalue weighted by molar-refractivity contribution is -0.384. The Balaban J connectivity index is 2.11. The number of hydrogen-bond acceptors (Lipinski definition) is 3. The number of benzene rings is 2. The van der Waals surface area contributed by atoms with Crippen LogP contribution in [0.1, 0.15) is 12.5 Å². The summed E-state index contributed by atoms with van der Waals surface area (Å²) < 4.78 is 0. The van der Waals surface area contributed by atoms with Gasteiger partial charge in [0, 0.05) is 17.8 Å². The quantitative estimate of drug-likeness (QED) is 0.485. The maximum absolute atomic E-state index is 10.7. The Bertz CT molecular complexity index is 722. The maximum Gasteiger partial charge on any atom is 0.271 e. The van der Waals surface area contributed by atoms with E-state index in [2.05, 4.69) is 17.6 Å². The van der Waals surface area contributed by atoms with E-state index < -0.39 is 4.92 Å². The molecule has 2 aromatic carbocycles. The third-order valence-corrected chi connectivity index (χ3v) is 3.57. The molecule has 0 aliphatic heterocycles. The van der Waals surface area contributed by atoms with Crippen LogP contribution in [0.5, 0.6) is 0 Å². The van der Waals surface area contributed by atoms with Crippen LogP contribution in [0.2, 0.25) is 5.02 Å². The molecule has 0 aliphatic rings. The number of hydrogen-bond donors (Lipinski definition) is 2. The van der Waals surface area contributed by atoms with E-state index in [1.165, 1.54) is 18.2 Å². The normalized spacial score (nSPS) is 10.1. The lowest BCUT2D eigenvalue weighted by Gasteiger charge is -2.14. The average molecular weight is 336 g/mol. The molecule has 2 rings (SSSR count). The van der Waals surface area contributed by atoms with Gasteiger partial charge in [-0.2, -0.15) is 0 Å². The Morgan fingerprint density at radius 3 is 2.55 bits per heavy atom. The molecule has 0 bridgehead atoms. The minimum Gasteiger partial charge on any atom is -0.332 e. The summed E-state index contributed by atoms with van der Waals surface area (Å²) in [5.74, 6) is 0. The monoisotopic (exact) mass is 335 g/mol. The Morgan fingerprint density at radius 2 is 1.91 bits per heavy atom. The van der Waals surface area contributed by atoms with E-state index in [9.17, 15) is 10.1 Å². The highest BCUT2D eigenvalue weighted by Crippen LogP contribution is 2.27. The van der Waals surface area contributed by atoms with E-state index in [-0.39, 0.29) is 10.7 Å². The van der Waals surface area contributed by atoms with Gasteiger partial charge in [0.15, 0.2) is 5.11 Å². The highest BCUT2D eigenvalue weighted by molar-refractivity contribution is 7.80. The van der Waals surface area contributed by atoms with Crippen LogP contribution in [-0.4, -0.2) is 10.0 Å². The number of non-ortho nitro benzene ring substituents is 1. The van der Waals surface area contributed by atoms with E-state index in [1.807, 2.05) is 24.3 Å². The SMILES string of the molecule is CCc1ccccc1NC(=S)Nc1ccc([N+](=O)[O-])cc1Cl. The number of rotatable bonds is 4. The smallest absolute Gasteiger partial charge is 0.271 e. The van der Waals surface area contributed by atoms with Crippen LogP contribution in [0.15, 0.2) is 42.5 Å². The van der Waals surface area contributed by atoms with Gasteiger partial charge in [0.2, 0.25) is 0 Å². The molecule has 0 aliphatic carbocycles. The maximum atomic E-state index is 10.7. The predicted octanol–water partition coefficient (Wildman–Crippen LogP) is 4.62. The second-order valence-electron chi connectivity index (χ2n) is 4.51. The van der Waals surface area contributed by atoms with E-state index >= 15 is 0 Å². The highest BCUT2D eigenvalue weighted by atomic mass is 35.5. The first-order valence-corrected chi connectivity index (χ1v) is 7.39. The average Bonchev–Trinajstić information content (AvgIpc) is 2.49. The minimum atomic E-state index is -0.496. The number of aryl methyl sites for hydroxylation is 1. The van der Waals surface area contributed by atoms with Crippen molar-refractivity contribution in [2.75, 3.05) is 10.6 Å². The topological polar surface area (TPSA) is 67.2 Å². The summed E-state index contributed by atoms with van der Waals surface area (Å²) in [5, 5.41) is 17.3. The van der Waals surface area contributed by atoms with Crippen molar-refractivity contribution in [2.24, 2.45) is 0 Å². The summed E-state index contributed by atoms with van der Waals surface area (Å²) in [4.78, 5) is 10.2. The molecule has 0 radical (unpaired) electrons. The molecule has 22 heavy (non-hydrogen) atoms. The molecule has 0 unspecified atom stereocenters. The zero-order chi connectivity index (χ0) is 16.1. The fourth-order valence-electron chi connectivity index (χ4n) is 1.95. The number of nitrogens with one attached hydrogen (secondary N) is 2. The van der Waals surface area contributed by atoms with Crippen molar-refractivity contribution in [1.82, 2.24) is 0 Å². The Morgan fingerprint density at radius 1 is 1.23 bits per heavy atom. The van der Waals surface area contributed by atoms with Gasteiger partial charge < -0.3 is 10.6 Å². The molecule has 0 atom stereocenters. The highest BCUT2D eigenvalue weighted by Gasteiger charge is 2.10. The van der Waals surface area contributed by atoms with E-state index in [0.29, 0.717) is 10.8 Å². The van der Waals surface area contributed by atoms with Gasteiger partial charge in [0.25, 0.3) is 5.69 Å². The Kier molecular flexibility index (Phi) is 5.30. The van der Waals surface area contributed by atoms with Crippen molar-refractivity contribution < 1.29 is 4.92 Å². The number of nitro groups is 1. The Labute approximate surface area is 138 Å². The first-order chi connectivity index (χ1) is 10.5. The van der Waals surface area contributed by atoms with Crippen molar-refractivity contribution in [1.29, 1.82) is 0 Å². The van der Waals surface area contributed by atoms with Crippen LogP contribution in [0.25, 0.3) is 0 Å². The van der Waals surface area contributed by atoms with Crippen molar-refractivity contribution in [3.05, 3.63) is 63.2 Å². The lowest BCUT2D eigenvalue weighted by atomic mass is 10.1. The third-order valence-electron chi connectivity index (χ3n) is 3.06. The van der Waals surface area contributed by atoms with Gasteiger partial charge in [-0.3, -0.25) is 10.1 Å². The molecule has 2 aromatic rings. The first kappa shape index (κ1) is 16.2. The zero-order valence-corrected chi connectivity index (χ0v) is 13.4. The van der Waals surface area contributed by atoms with E-state index in [0.717, 1.165) is 17.7 Å². The fourth-order valence-corrected chi connectivity index (χ4v) is 2.39. The van der Waals surface area contributed by atoms with Crippen molar-refractivity contribution in [2.45, 2.75) is 13.3 Å². The number of halogens is 1. The second-order valence-corrected chi connectivity index (χ2v) is 5.33. The van der Waals surface area contributed by atoms with Crippen LogP contribution < -0.4 is 10.6 Å². The number of nitrogens with zero attached hydrogens (tertiary/aromatic N) is 1. The molecular weight excluding hydrogens is 322 g/mol. The van der Waals surface area contributed by atoms with Gasteiger partial charge in [-0.25, -0.2) is 0 Å². The van der Waals surface area contributed by atoms with Crippen LogP contribution >= 0.6 is 23.8 Å². The standard InChI is InChI=1S/C15H14ClN3O2S/c1-2-10-5-3-4-6-13(10)17-15(22)18-14-8-7-11(19(20)21)9-12(14)16/h3-9H,2H2,1H3,(H2,17,18,22). The van der Waals surface area contributed by atoms with Crippen LogP contribution in [0.4, 0.5) is 17.1 Å². The van der Waals surface area contributed by atoms with Crippen LogP contribution in [0, 0.1) is 10.1 Å². The minimum absolute atomic E-state index is 0.0641. The zero-order valence-electron chi connectivity index (χ0n) is 11.8. The summed E-state index contributed by atoms with van der Waals surface area (Å²) in [6, 6.07) is 12.0. The number of nitro benzene ring substituents is 1.